The van der Waals surface area contributed by atoms with Gasteiger partial charge in [0.25, 0.3) is 0 Å². The van der Waals surface area contributed by atoms with E-state index in [2.05, 4.69) is 26.9 Å². The maximum Gasteiger partial charge on any atom is 0.243 e. The van der Waals surface area contributed by atoms with Gasteiger partial charge in [-0.3, -0.25) is 14.9 Å². The Labute approximate surface area is 161 Å². The molecule has 1 spiro atoms. The van der Waals surface area contributed by atoms with E-state index in [1.54, 1.807) is 0 Å². The van der Waals surface area contributed by atoms with Crippen LogP contribution in [0.1, 0.15) is 51.4 Å². The van der Waals surface area contributed by atoms with Crippen molar-refractivity contribution in [2.24, 2.45) is 11.8 Å². The predicted octanol–water partition coefficient (Wildman–Crippen LogP) is 0.518. The van der Waals surface area contributed by atoms with Gasteiger partial charge in [-0.1, -0.05) is 12.8 Å². The van der Waals surface area contributed by atoms with Crippen molar-refractivity contribution in [3.8, 4) is 6.07 Å². The Morgan fingerprint density at radius 1 is 1.22 bits per heavy atom. The van der Waals surface area contributed by atoms with Crippen LogP contribution in [-0.2, 0) is 9.59 Å². The second kappa shape index (κ2) is 7.76. The molecule has 4 atom stereocenters. The molecule has 4 unspecified atom stereocenters. The van der Waals surface area contributed by atoms with E-state index >= 15 is 0 Å². The van der Waals surface area contributed by atoms with Crippen LogP contribution in [0.4, 0.5) is 0 Å². The molecule has 1 saturated carbocycles. The average molecular weight is 374 g/mol. The molecule has 27 heavy (non-hydrogen) atoms. The number of likely N-dealkylation sites (tertiary alicyclic amines) is 1. The van der Waals surface area contributed by atoms with Crippen molar-refractivity contribution in [3.05, 3.63) is 0 Å². The summed E-state index contributed by atoms with van der Waals surface area (Å²) in [6.07, 6.45) is 7.82. The molecule has 3 heterocycles. The number of rotatable bonds is 8. The number of hydrogen-bond acceptors (Lipinski definition) is 5. The third-order valence-corrected chi connectivity index (χ3v) is 6.88. The summed E-state index contributed by atoms with van der Waals surface area (Å²) in [5.74, 6) is 0.980. The van der Waals surface area contributed by atoms with E-state index in [1.807, 2.05) is 0 Å². The number of hydrogen-bond donors (Lipinski definition) is 3. The first-order valence-corrected chi connectivity index (χ1v) is 10.6. The molecule has 4 rings (SSSR count). The van der Waals surface area contributed by atoms with Gasteiger partial charge in [0.15, 0.2) is 0 Å². The van der Waals surface area contributed by atoms with E-state index < -0.39 is 0 Å². The van der Waals surface area contributed by atoms with Crippen molar-refractivity contribution in [1.29, 1.82) is 5.26 Å². The Kier molecular flexibility index (Phi) is 5.38. The molecular weight excluding hydrogens is 342 g/mol. The Hall–Kier alpha value is -1.65. The summed E-state index contributed by atoms with van der Waals surface area (Å²) in [5.41, 5.74) is -0.321. The second-order valence-electron chi connectivity index (χ2n) is 8.80. The first-order valence-electron chi connectivity index (χ1n) is 10.6. The summed E-state index contributed by atoms with van der Waals surface area (Å²) in [6, 6.07) is 2.13. The SMILES string of the molecule is N#CC(CC1CCNC1=O)NCC(CC1CC1)N1CCC2(CCCN2)C1=O. The number of carbonyl (C=O) groups excluding carboxylic acids is 2. The summed E-state index contributed by atoms with van der Waals surface area (Å²) in [5, 5.41) is 19.2. The molecule has 0 bridgehead atoms. The summed E-state index contributed by atoms with van der Waals surface area (Å²) < 4.78 is 0. The van der Waals surface area contributed by atoms with Crippen molar-refractivity contribution >= 4 is 11.8 Å². The molecular formula is C20H31N5O2. The van der Waals surface area contributed by atoms with E-state index in [0.29, 0.717) is 19.5 Å². The molecule has 7 nitrogen and oxygen atoms in total. The highest BCUT2D eigenvalue weighted by molar-refractivity contribution is 5.89. The summed E-state index contributed by atoms with van der Waals surface area (Å²) in [6.45, 7) is 3.10. The van der Waals surface area contributed by atoms with E-state index in [9.17, 15) is 14.9 Å². The van der Waals surface area contributed by atoms with Crippen LogP contribution in [0.3, 0.4) is 0 Å². The Balaban J connectivity index is 1.36. The molecule has 1 aliphatic carbocycles. The van der Waals surface area contributed by atoms with Gasteiger partial charge in [0.1, 0.15) is 0 Å². The number of nitrogens with zero attached hydrogens (tertiary/aromatic N) is 2. The zero-order valence-electron chi connectivity index (χ0n) is 16.0. The fraction of sp³-hybridized carbons (Fsp3) is 0.850. The van der Waals surface area contributed by atoms with E-state index in [4.69, 9.17) is 0 Å². The van der Waals surface area contributed by atoms with Crippen molar-refractivity contribution in [2.75, 3.05) is 26.2 Å². The lowest BCUT2D eigenvalue weighted by atomic mass is 9.96. The molecule has 0 aromatic carbocycles. The van der Waals surface area contributed by atoms with Gasteiger partial charge in [-0.25, -0.2) is 0 Å². The smallest absolute Gasteiger partial charge is 0.243 e. The second-order valence-corrected chi connectivity index (χ2v) is 8.80. The summed E-state index contributed by atoms with van der Waals surface area (Å²) in [4.78, 5) is 27.0. The van der Waals surface area contributed by atoms with Crippen LogP contribution in [0.15, 0.2) is 0 Å². The minimum atomic E-state index is -0.336. The van der Waals surface area contributed by atoms with Crippen molar-refractivity contribution < 1.29 is 9.59 Å². The minimum Gasteiger partial charge on any atom is -0.356 e. The lowest BCUT2D eigenvalue weighted by Crippen LogP contribution is -2.52. The van der Waals surface area contributed by atoms with Crippen LogP contribution in [0.25, 0.3) is 0 Å². The minimum absolute atomic E-state index is 0.0653. The van der Waals surface area contributed by atoms with Gasteiger partial charge in [0.2, 0.25) is 11.8 Å². The fourth-order valence-corrected chi connectivity index (χ4v) is 5.02. The highest BCUT2D eigenvalue weighted by Gasteiger charge is 2.50. The summed E-state index contributed by atoms with van der Waals surface area (Å²) in [7, 11) is 0. The molecule has 3 N–H and O–H groups in total. The molecule has 7 heteroatoms. The van der Waals surface area contributed by atoms with Crippen LogP contribution in [0, 0.1) is 23.2 Å². The first kappa shape index (κ1) is 18.7. The molecule has 3 saturated heterocycles. The van der Waals surface area contributed by atoms with Gasteiger partial charge in [-0.05, 0) is 51.0 Å². The van der Waals surface area contributed by atoms with E-state index in [1.165, 1.54) is 12.8 Å². The molecule has 3 aliphatic heterocycles. The quantitative estimate of drug-likeness (QED) is 0.576. The third-order valence-electron chi connectivity index (χ3n) is 6.88. The number of carbonyl (C=O) groups is 2. The Morgan fingerprint density at radius 2 is 2.07 bits per heavy atom. The topological polar surface area (TPSA) is 97.3 Å². The van der Waals surface area contributed by atoms with E-state index in [-0.39, 0.29) is 35.4 Å². The fourth-order valence-electron chi connectivity index (χ4n) is 5.02. The number of nitrogens with one attached hydrogen (secondary N) is 3. The van der Waals surface area contributed by atoms with Crippen molar-refractivity contribution in [1.82, 2.24) is 20.9 Å². The van der Waals surface area contributed by atoms with Crippen LogP contribution in [0.5, 0.6) is 0 Å². The molecule has 0 aromatic rings. The zero-order chi connectivity index (χ0) is 18.9. The van der Waals surface area contributed by atoms with Gasteiger partial charge >= 0.3 is 0 Å². The number of amides is 2. The molecule has 148 valence electrons. The van der Waals surface area contributed by atoms with Crippen LogP contribution in [0.2, 0.25) is 0 Å². The summed E-state index contributed by atoms with van der Waals surface area (Å²) >= 11 is 0. The average Bonchev–Trinajstić information content (AvgIpc) is 3.06. The van der Waals surface area contributed by atoms with Crippen LogP contribution >= 0.6 is 0 Å². The van der Waals surface area contributed by atoms with E-state index in [0.717, 1.165) is 51.1 Å². The molecule has 0 aromatic heterocycles. The highest BCUT2D eigenvalue weighted by atomic mass is 16.2. The van der Waals surface area contributed by atoms with Crippen molar-refractivity contribution in [2.45, 2.75) is 69.0 Å². The molecule has 4 aliphatic rings. The monoisotopic (exact) mass is 373 g/mol. The van der Waals surface area contributed by atoms with Gasteiger partial charge in [-0.15, -0.1) is 0 Å². The first-order chi connectivity index (χ1) is 13.1. The van der Waals surface area contributed by atoms with Crippen molar-refractivity contribution in [3.63, 3.8) is 0 Å². The maximum absolute atomic E-state index is 13.1. The Bertz CT molecular complexity index is 620. The molecule has 4 fully saturated rings. The van der Waals surface area contributed by atoms with Crippen LogP contribution < -0.4 is 16.0 Å². The van der Waals surface area contributed by atoms with Gasteiger partial charge < -0.3 is 15.5 Å². The van der Waals surface area contributed by atoms with Gasteiger partial charge in [0.05, 0.1) is 17.6 Å². The molecule has 0 radical (unpaired) electrons. The predicted molar refractivity (Wildman–Crippen MR) is 101 cm³/mol. The standard InChI is InChI=1S/C20H31N5O2/c21-12-16(11-15-4-8-22-18(15)26)23-13-17(10-14-2-3-14)25-9-6-20(19(25)27)5-1-7-24-20/h14-17,23-24H,1-11,13H2,(H,22,26). The van der Waals surface area contributed by atoms with Gasteiger partial charge in [0, 0.05) is 31.6 Å². The molecule has 2 amide bonds. The largest absolute Gasteiger partial charge is 0.356 e. The van der Waals surface area contributed by atoms with Gasteiger partial charge in [-0.2, -0.15) is 5.26 Å². The zero-order valence-corrected chi connectivity index (χ0v) is 16.0. The lowest BCUT2D eigenvalue weighted by Gasteiger charge is -2.31. The Morgan fingerprint density at radius 3 is 2.70 bits per heavy atom. The van der Waals surface area contributed by atoms with Crippen LogP contribution in [-0.4, -0.2) is 60.5 Å². The highest BCUT2D eigenvalue weighted by Crippen LogP contribution is 2.38. The normalized spacial score (nSPS) is 32.7. The lowest BCUT2D eigenvalue weighted by molar-refractivity contribution is -0.134. The third kappa shape index (κ3) is 3.97. The number of nitriles is 1. The maximum atomic E-state index is 13.1.